The van der Waals surface area contributed by atoms with Crippen molar-refractivity contribution in [1.29, 1.82) is 0 Å². The molecular weight excluding hydrogens is 463 g/mol. The van der Waals surface area contributed by atoms with Crippen molar-refractivity contribution < 1.29 is 14.1 Å². The van der Waals surface area contributed by atoms with Crippen LogP contribution in [0, 0.1) is 20.8 Å². The van der Waals surface area contributed by atoms with E-state index in [1.54, 1.807) is 42.1 Å². The van der Waals surface area contributed by atoms with E-state index in [2.05, 4.69) is 21.6 Å². The minimum atomic E-state index is -0.438. The fraction of sp³-hybridized carbons (Fsp3) is 0.208. The topological polar surface area (TPSA) is 82.2 Å². The Morgan fingerprint density at radius 1 is 1.06 bits per heavy atom. The largest absolute Gasteiger partial charge is 0.489 e. The Bertz CT molecular complexity index is 1270. The molecule has 0 unspecified atom stereocenters. The number of carbonyl (C=O) groups excluding carboxylic acids is 1. The third-order valence-electron chi connectivity index (χ3n) is 5.04. The number of benzene rings is 2. The predicted octanol–water partition coefficient (Wildman–Crippen LogP) is 5.98. The average molecular weight is 485 g/mol. The summed E-state index contributed by atoms with van der Waals surface area (Å²) in [5.41, 5.74) is 3.67. The minimum absolute atomic E-state index is 0.153. The molecule has 0 radical (unpaired) electrons. The first-order valence-electron chi connectivity index (χ1n) is 10.2. The monoisotopic (exact) mass is 484 g/mol. The Hall–Kier alpha value is -3.29. The third kappa shape index (κ3) is 5.38. The van der Waals surface area contributed by atoms with Crippen LogP contribution in [0.1, 0.15) is 38.5 Å². The quantitative estimate of drug-likeness (QED) is 0.348. The van der Waals surface area contributed by atoms with Crippen molar-refractivity contribution in [3.8, 4) is 5.75 Å². The van der Waals surface area contributed by atoms with E-state index in [4.69, 9.17) is 32.5 Å². The summed E-state index contributed by atoms with van der Waals surface area (Å²) in [4.78, 5) is 12.9. The number of aryl methyl sites for hydroxylation is 3. The van der Waals surface area contributed by atoms with Gasteiger partial charge in [0.1, 0.15) is 18.1 Å². The van der Waals surface area contributed by atoms with Crippen molar-refractivity contribution in [1.82, 2.24) is 14.9 Å². The fourth-order valence-electron chi connectivity index (χ4n) is 3.45. The summed E-state index contributed by atoms with van der Waals surface area (Å²) in [6.45, 7) is 6.27. The van der Waals surface area contributed by atoms with Crippen LogP contribution < -0.4 is 10.1 Å². The molecule has 4 aromatic rings. The summed E-state index contributed by atoms with van der Waals surface area (Å²) in [5, 5.41) is 12.2. The molecule has 33 heavy (non-hydrogen) atoms. The molecule has 9 heteroatoms. The van der Waals surface area contributed by atoms with E-state index in [1.165, 1.54) is 0 Å². The molecule has 0 aliphatic rings. The molecule has 2 heterocycles. The lowest BCUT2D eigenvalue weighted by Crippen LogP contribution is -2.16. The molecule has 0 saturated heterocycles. The maximum atomic E-state index is 12.9. The standard InChI is InChI=1S/C24H22Cl2N4O3/c1-14-9-15(2)11-17(10-14)32-13-19-16(3)33-29-23(19)24(31)27-22-7-8-30(28-22)12-18-20(25)5-4-6-21(18)26/h4-11H,12-13H2,1-3H3,(H,27,28,31). The highest BCUT2D eigenvalue weighted by atomic mass is 35.5. The molecule has 0 saturated carbocycles. The lowest BCUT2D eigenvalue weighted by atomic mass is 10.1. The molecule has 0 spiro atoms. The second kappa shape index (κ2) is 9.68. The Kier molecular flexibility index (Phi) is 6.72. The SMILES string of the molecule is Cc1cc(C)cc(OCc2c(C(=O)Nc3ccn(Cc4c(Cl)cccc4Cl)n3)noc2C)c1. The molecule has 0 aliphatic carbocycles. The number of ether oxygens (including phenoxy) is 1. The van der Waals surface area contributed by atoms with E-state index in [9.17, 15) is 4.79 Å². The molecule has 0 aliphatic heterocycles. The van der Waals surface area contributed by atoms with Crippen LogP contribution in [0.5, 0.6) is 5.75 Å². The number of amides is 1. The summed E-state index contributed by atoms with van der Waals surface area (Å²) >= 11 is 12.5. The lowest BCUT2D eigenvalue weighted by molar-refractivity contribution is 0.101. The number of hydrogen-bond donors (Lipinski definition) is 1. The summed E-state index contributed by atoms with van der Waals surface area (Å²) in [5.74, 6) is 1.16. The van der Waals surface area contributed by atoms with Crippen molar-refractivity contribution in [3.63, 3.8) is 0 Å². The van der Waals surface area contributed by atoms with Crippen LogP contribution in [-0.2, 0) is 13.2 Å². The number of halogens is 2. The molecule has 4 rings (SSSR count). The van der Waals surface area contributed by atoms with Gasteiger partial charge in [-0.05, 0) is 56.2 Å². The highest BCUT2D eigenvalue weighted by Gasteiger charge is 2.21. The Morgan fingerprint density at radius 2 is 1.76 bits per heavy atom. The summed E-state index contributed by atoms with van der Waals surface area (Å²) in [6.07, 6.45) is 1.73. The number of carbonyl (C=O) groups is 1. The van der Waals surface area contributed by atoms with Gasteiger partial charge in [-0.3, -0.25) is 9.48 Å². The van der Waals surface area contributed by atoms with Crippen molar-refractivity contribution in [3.05, 3.63) is 92.4 Å². The Morgan fingerprint density at radius 3 is 2.45 bits per heavy atom. The zero-order valence-corrected chi connectivity index (χ0v) is 19.9. The highest BCUT2D eigenvalue weighted by Crippen LogP contribution is 2.25. The van der Waals surface area contributed by atoms with Gasteiger partial charge < -0.3 is 14.6 Å². The van der Waals surface area contributed by atoms with Crippen LogP contribution in [0.15, 0.2) is 53.2 Å². The van der Waals surface area contributed by atoms with Crippen molar-refractivity contribution in [2.75, 3.05) is 5.32 Å². The average Bonchev–Trinajstić information content (AvgIpc) is 3.34. The first-order valence-corrected chi connectivity index (χ1v) is 11.0. The van der Waals surface area contributed by atoms with Gasteiger partial charge in [-0.1, -0.05) is 40.5 Å². The van der Waals surface area contributed by atoms with E-state index in [-0.39, 0.29) is 12.3 Å². The number of nitrogens with one attached hydrogen (secondary N) is 1. The molecule has 2 aromatic carbocycles. The van der Waals surface area contributed by atoms with E-state index in [0.717, 1.165) is 22.4 Å². The number of rotatable bonds is 7. The summed E-state index contributed by atoms with van der Waals surface area (Å²) < 4.78 is 12.8. The second-order valence-corrected chi connectivity index (χ2v) is 8.55. The van der Waals surface area contributed by atoms with E-state index >= 15 is 0 Å². The summed E-state index contributed by atoms with van der Waals surface area (Å²) in [6, 6.07) is 12.9. The maximum absolute atomic E-state index is 12.9. The fourth-order valence-corrected chi connectivity index (χ4v) is 3.97. The van der Waals surface area contributed by atoms with Gasteiger partial charge in [0.05, 0.1) is 12.1 Å². The van der Waals surface area contributed by atoms with Crippen LogP contribution in [0.2, 0.25) is 10.0 Å². The molecule has 0 bridgehead atoms. The summed E-state index contributed by atoms with van der Waals surface area (Å²) in [7, 11) is 0. The normalized spacial score (nSPS) is 10.9. The van der Waals surface area contributed by atoms with Gasteiger partial charge in [0.25, 0.3) is 5.91 Å². The van der Waals surface area contributed by atoms with E-state index < -0.39 is 5.91 Å². The van der Waals surface area contributed by atoms with E-state index in [1.807, 2.05) is 26.0 Å². The minimum Gasteiger partial charge on any atom is -0.489 e. The van der Waals surface area contributed by atoms with Crippen LogP contribution in [0.25, 0.3) is 0 Å². The van der Waals surface area contributed by atoms with Crippen molar-refractivity contribution >= 4 is 34.9 Å². The van der Waals surface area contributed by atoms with Gasteiger partial charge in [-0.2, -0.15) is 5.10 Å². The van der Waals surface area contributed by atoms with Gasteiger partial charge >= 0.3 is 0 Å². The van der Waals surface area contributed by atoms with E-state index in [0.29, 0.717) is 33.7 Å². The zero-order chi connectivity index (χ0) is 23.5. The van der Waals surface area contributed by atoms with Gasteiger partial charge in [-0.15, -0.1) is 0 Å². The van der Waals surface area contributed by atoms with Crippen LogP contribution in [-0.4, -0.2) is 20.8 Å². The Labute approximate surface area is 201 Å². The molecule has 170 valence electrons. The first kappa shape index (κ1) is 22.9. The molecular formula is C24H22Cl2N4O3. The Balaban J connectivity index is 1.45. The van der Waals surface area contributed by atoms with Gasteiger partial charge in [-0.25, -0.2) is 0 Å². The van der Waals surface area contributed by atoms with Crippen molar-refractivity contribution in [2.24, 2.45) is 0 Å². The zero-order valence-electron chi connectivity index (χ0n) is 18.4. The molecule has 7 nitrogen and oxygen atoms in total. The maximum Gasteiger partial charge on any atom is 0.279 e. The molecule has 2 aromatic heterocycles. The highest BCUT2D eigenvalue weighted by molar-refractivity contribution is 6.35. The number of anilines is 1. The third-order valence-corrected chi connectivity index (χ3v) is 5.75. The molecule has 0 atom stereocenters. The molecule has 1 amide bonds. The first-order chi connectivity index (χ1) is 15.8. The number of hydrogen-bond acceptors (Lipinski definition) is 5. The van der Waals surface area contributed by atoms with Crippen LogP contribution in [0.3, 0.4) is 0 Å². The molecule has 1 N–H and O–H groups in total. The number of nitrogens with zero attached hydrogens (tertiary/aromatic N) is 3. The van der Waals surface area contributed by atoms with Crippen LogP contribution in [0.4, 0.5) is 5.82 Å². The molecule has 0 fully saturated rings. The smallest absolute Gasteiger partial charge is 0.279 e. The second-order valence-electron chi connectivity index (χ2n) is 7.73. The van der Waals surface area contributed by atoms with Crippen LogP contribution >= 0.6 is 23.2 Å². The lowest BCUT2D eigenvalue weighted by Gasteiger charge is -2.09. The number of aromatic nitrogens is 3. The van der Waals surface area contributed by atoms with Gasteiger partial charge in [0.15, 0.2) is 11.5 Å². The van der Waals surface area contributed by atoms with Gasteiger partial charge in [0.2, 0.25) is 0 Å². The van der Waals surface area contributed by atoms with Crippen molar-refractivity contribution in [2.45, 2.75) is 33.9 Å². The predicted molar refractivity (Wildman–Crippen MR) is 127 cm³/mol. The van der Waals surface area contributed by atoms with Gasteiger partial charge in [0, 0.05) is 27.9 Å².